The molecule has 0 bridgehead atoms. The minimum atomic E-state index is -4.51. The summed E-state index contributed by atoms with van der Waals surface area (Å²) in [4.78, 5) is 16.8. The van der Waals surface area contributed by atoms with Gasteiger partial charge in [0.25, 0.3) is 0 Å². The highest BCUT2D eigenvalue weighted by atomic mass is 19.4. The van der Waals surface area contributed by atoms with E-state index in [2.05, 4.69) is 15.5 Å². The fourth-order valence-electron chi connectivity index (χ4n) is 2.42. The Morgan fingerprint density at radius 3 is 2.36 bits per heavy atom. The topological polar surface area (TPSA) is 83.4 Å². The van der Waals surface area contributed by atoms with E-state index in [-0.39, 0.29) is 22.5 Å². The number of hydrogen-bond donors (Lipinski definition) is 3. The predicted octanol–water partition coefficient (Wildman–Crippen LogP) is 3.31. The molecule has 0 saturated heterocycles. The van der Waals surface area contributed by atoms with E-state index in [1.165, 1.54) is 13.3 Å². The molecule has 150 valence electrons. The molecule has 0 saturated carbocycles. The number of halogens is 4. The Morgan fingerprint density at radius 1 is 1.18 bits per heavy atom. The summed E-state index contributed by atoms with van der Waals surface area (Å²) in [6.07, 6.45) is -1.21. The zero-order chi connectivity index (χ0) is 20.9. The van der Waals surface area contributed by atoms with E-state index in [9.17, 15) is 22.4 Å². The largest absolute Gasteiger partial charge is 0.467 e. The summed E-state index contributed by atoms with van der Waals surface area (Å²) in [5, 5.41) is 10.6. The van der Waals surface area contributed by atoms with Crippen LogP contribution in [-0.2, 0) is 20.5 Å². The molecular formula is C18H17F4N3O3. The lowest BCUT2D eigenvalue weighted by molar-refractivity contribution is -0.143. The molecule has 6 nitrogen and oxygen atoms in total. The van der Waals surface area contributed by atoms with Gasteiger partial charge in [-0.15, -0.1) is 0 Å². The van der Waals surface area contributed by atoms with Gasteiger partial charge in [0.05, 0.1) is 31.2 Å². The number of methoxy groups -OCH3 is 1. The fraction of sp³-hybridized carbons (Fsp3) is 0.222. The first-order chi connectivity index (χ1) is 13.2. The van der Waals surface area contributed by atoms with Crippen LogP contribution in [0.3, 0.4) is 0 Å². The van der Waals surface area contributed by atoms with Crippen LogP contribution in [0.4, 0.5) is 17.6 Å². The van der Waals surface area contributed by atoms with Gasteiger partial charge in [-0.05, 0) is 23.8 Å². The van der Waals surface area contributed by atoms with Gasteiger partial charge in [-0.1, -0.05) is 12.1 Å². The predicted molar refractivity (Wildman–Crippen MR) is 92.6 cm³/mol. The van der Waals surface area contributed by atoms with Crippen LogP contribution in [0.5, 0.6) is 0 Å². The van der Waals surface area contributed by atoms with Crippen molar-refractivity contribution in [3.63, 3.8) is 0 Å². The summed E-state index contributed by atoms with van der Waals surface area (Å²) in [6.45, 7) is 0. The van der Waals surface area contributed by atoms with Gasteiger partial charge in [-0.3, -0.25) is 10.3 Å². The van der Waals surface area contributed by atoms with E-state index in [1.807, 2.05) is 0 Å². The summed E-state index contributed by atoms with van der Waals surface area (Å²) >= 11 is 0. The molecule has 10 heteroatoms. The molecule has 3 N–H and O–H groups in total. The Labute approximate surface area is 158 Å². The minimum absolute atomic E-state index is 0.121. The van der Waals surface area contributed by atoms with Crippen LogP contribution in [-0.4, -0.2) is 25.9 Å². The van der Waals surface area contributed by atoms with E-state index in [0.29, 0.717) is 0 Å². The molecule has 0 aromatic heterocycles. The lowest BCUT2D eigenvalue weighted by Crippen LogP contribution is -2.28. The monoisotopic (exact) mass is 399 g/mol. The molecule has 0 amide bonds. The maximum Gasteiger partial charge on any atom is 0.416 e. The summed E-state index contributed by atoms with van der Waals surface area (Å²) in [6, 6.07) is 2.83. The van der Waals surface area contributed by atoms with Crippen LogP contribution in [0.25, 0.3) is 0 Å². The Balaban J connectivity index is 2.32. The molecule has 1 unspecified atom stereocenters. The Bertz CT molecular complexity index is 843. The quantitative estimate of drug-likeness (QED) is 0.388. The Hall–Kier alpha value is -3.14. The highest BCUT2D eigenvalue weighted by Crippen LogP contribution is 2.30. The molecule has 1 aliphatic carbocycles. The number of alkyl halides is 3. The van der Waals surface area contributed by atoms with Gasteiger partial charge in [-0.2, -0.15) is 13.2 Å². The molecule has 0 radical (unpaired) electrons. The first-order valence-corrected chi connectivity index (χ1v) is 7.85. The van der Waals surface area contributed by atoms with Crippen molar-refractivity contribution < 1.29 is 31.9 Å². The summed E-state index contributed by atoms with van der Waals surface area (Å²) in [5.74, 6) is -1.43. The number of carbonyl (C=O) groups is 1. The average Bonchev–Trinajstić information content (AvgIpc) is 2.63. The van der Waals surface area contributed by atoms with E-state index in [1.54, 1.807) is 0 Å². The first kappa shape index (κ1) is 21.2. The van der Waals surface area contributed by atoms with Crippen molar-refractivity contribution in [1.82, 2.24) is 10.8 Å². The minimum Gasteiger partial charge on any atom is -0.467 e. The second-order valence-corrected chi connectivity index (χ2v) is 5.61. The highest BCUT2D eigenvalue weighted by molar-refractivity contribution is 6.10. The number of nitrogens with one attached hydrogen (secondary N) is 3. The Morgan fingerprint density at radius 2 is 1.82 bits per heavy atom. The number of hydroxylamine groups is 1. The van der Waals surface area contributed by atoms with E-state index < -0.39 is 29.6 Å². The molecule has 0 spiro atoms. The SMILES string of the molecule is CONC1=CC(F)=CC(=N)/C1=C\NC(C(=O)OC)c1ccc(C(F)(F)F)cc1. The van der Waals surface area contributed by atoms with Crippen LogP contribution in [0.2, 0.25) is 0 Å². The molecule has 28 heavy (non-hydrogen) atoms. The average molecular weight is 399 g/mol. The summed E-state index contributed by atoms with van der Waals surface area (Å²) in [7, 11) is 2.43. The highest BCUT2D eigenvalue weighted by Gasteiger charge is 2.31. The van der Waals surface area contributed by atoms with Crippen molar-refractivity contribution in [2.45, 2.75) is 12.2 Å². The number of ether oxygens (including phenoxy) is 1. The number of carbonyl (C=O) groups excluding carboxylic acids is 1. The van der Waals surface area contributed by atoms with Gasteiger partial charge in [0.1, 0.15) is 11.9 Å². The molecule has 1 aromatic rings. The summed E-state index contributed by atoms with van der Waals surface area (Å²) < 4.78 is 56.4. The molecule has 0 heterocycles. The van der Waals surface area contributed by atoms with Gasteiger partial charge >= 0.3 is 12.1 Å². The third-order valence-corrected chi connectivity index (χ3v) is 3.76. The van der Waals surface area contributed by atoms with Crippen LogP contribution in [0, 0.1) is 5.41 Å². The normalized spacial score (nSPS) is 16.9. The molecule has 1 atom stereocenters. The number of esters is 1. The number of allylic oxidation sites excluding steroid dienone is 4. The van der Waals surface area contributed by atoms with Crippen molar-refractivity contribution in [1.29, 1.82) is 5.41 Å². The van der Waals surface area contributed by atoms with Crippen LogP contribution in [0.1, 0.15) is 17.2 Å². The van der Waals surface area contributed by atoms with Gasteiger partial charge in [0, 0.05) is 17.8 Å². The molecule has 1 aliphatic rings. The van der Waals surface area contributed by atoms with Gasteiger partial charge < -0.3 is 15.5 Å². The summed E-state index contributed by atoms with van der Waals surface area (Å²) in [5.41, 5.74) is 1.86. The van der Waals surface area contributed by atoms with Gasteiger partial charge in [0.15, 0.2) is 0 Å². The van der Waals surface area contributed by atoms with Crippen molar-refractivity contribution in [2.24, 2.45) is 0 Å². The zero-order valence-electron chi connectivity index (χ0n) is 14.9. The van der Waals surface area contributed by atoms with E-state index in [0.717, 1.165) is 43.5 Å². The molecular weight excluding hydrogens is 382 g/mol. The number of rotatable bonds is 6. The third kappa shape index (κ3) is 4.97. The van der Waals surface area contributed by atoms with Crippen LogP contribution >= 0.6 is 0 Å². The lowest BCUT2D eigenvalue weighted by Gasteiger charge is -2.20. The second kappa shape index (κ2) is 8.70. The molecule has 0 aliphatic heterocycles. The smallest absolute Gasteiger partial charge is 0.416 e. The van der Waals surface area contributed by atoms with Crippen molar-refractivity contribution in [3.8, 4) is 0 Å². The fourth-order valence-corrected chi connectivity index (χ4v) is 2.42. The zero-order valence-corrected chi connectivity index (χ0v) is 14.9. The molecule has 1 aromatic carbocycles. The lowest BCUT2D eigenvalue weighted by atomic mass is 10.0. The van der Waals surface area contributed by atoms with Gasteiger partial charge in [0.2, 0.25) is 0 Å². The Kier molecular flexibility index (Phi) is 6.57. The standard InChI is InChI=1S/C18H17F4N3O3/c1-27-17(26)16(10-3-5-11(6-4-10)18(20,21)22)24-9-13-14(23)7-12(19)8-15(13)25-28-2/h3-9,16,23-25H,1-2H3/b13-9+,23-14?. The van der Waals surface area contributed by atoms with Crippen molar-refractivity contribution in [3.05, 3.63) is 70.8 Å². The third-order valence-electron chi connectivity index (χ3n) is 3.76. The van der Waals surface area contributed by atoms with Crippen LogP contribution in [0.15, 0.2) is 59.7 Å². The number of benzene rings is 1. The molecule has 2 rings (SSSR count). The van der Waals surface area contributed by atoms with Crippen LogP contribution < -0.4 is 10.8 Å². The maximum atomic E-state index is 13.5. The van der Waals surface area contributed by atoms with Gasteiger partial charge in [-0.25, -0.2) is 9.18 Å². The number of hydrogen-bond acceptors (Lipinski definition) is 6. The van der Waals surface area contributed by atoms with Crippen molar-refractivity contribution in [2.75, 3.05) is 14.2 Å². The molecule has 0 fully saturated rings. The van der Waals surface area contributed by atoms with E-state index in [4.69, 9.17) is 10.2 Å². The maximum absolute atomic E-state index is 13.5. The van der Waals surface area contributed by atoms with E-state index >= 15 is 0 Å². The van der Waals surface area contributed by atoms with Crippen molar-refractivity contribution >= 4 is 11.7 Å². The second-order valence-electron chi connectivity index (χ2n) is 5.61. The first-order valence-electron chi connectivity index (χ1n) is 7.85.